The molecule has 7 rings (SSSR count). The fourth-order valence-corrected chi connectivity index (χ4v) is 6.17. The van der Waals surface area contributed by atoms with Crippen LogP contribution in [0.1, 0.15) is 47.0 Å². The Labute approximate surface area is 231 Å². The molecule has 194 valence electrons. The van der Waals surface area contributed by atoms with Gasteiger partial charge in [-0.25, -0.2) is 9.88 Å². The molecule has 0 radical (unpaired) electrons. The number of hydrogen-bond acceptors (Lipinski definition) is 7. The zero-order chi connectivity index (χ0) is 27.9. The normalized spacial score (nSPS) is 14.4. The summed E-state index contributed by atoms with van der Waals surface area (Å²) in [6.07, 6.45) is 0. The molecule has 1 N–H and O–H groups in total. The number of aryl methyl sites for hydroxylation is 1. The van der Waals surface area contributed by atoms with Crippen LogP contribution < -0.4 is 4.90 Å². The van der Waals surface area contributed by atoms with Gasteiger partial charge < -0.3 is 5.11 Å². The Bertz CT molecular complexity index is 1990. The van der Waals surface area contributed by atoms with Crippen LogP contribution in [-0.2, 0) is 0 Å². The predicted molar refractivity (Wildman–Crippen MR) is 151 cm³/mol. The van der Waals surface area contributed by atoms with Crippen LogP contribution in [0.5, 0.6) is 5.75 Å². The molecule has 0 bridgehead atoms. The highest BCUT2D eigenvalue weighted by Crippen LogP contribution is 2.39. The minimum absolute atomic E-state index is 0.0900. The first-order valence-corrected chi connectivity index (χ1v) is 13.2. The lowest BCUT2D eigenvalue weighted by atomic mass is 9.97. The molecule has 2 aliphatic heterocycles. The molecule has 0 aliphatic carbocycles. The fourth-order valence-electron chi connectivity index (χ4n) is 5.19. The van der Waals surface area contributed by atoms with Gasteiger partial charge in [0.25, 0.3) is 23.6 Å². The first-order valence-electron chi connectivity index (χ1n) is 12.4. The molecule has 0 saturated carbocycles. The summed E-state index contributed by atoms with van der Waals surface area (Å²) in [6, 6.07) is 20.5. The van der Waals surface area contributed by atoms with Gasteiger partial charge in [-0.2, -0.15) is 0 Å². The van der Waals surface area contributed by atoms with Crippen molar-refractivity contribution in [1.29, 1.82) is 0 Å². The lowest BCUT2D eigenvalue weighted by molar-refractivity contribution is 0.0692. The Morgan fingerprint density at radius 3 is 1.98 bits per heavy atom. The molecule has 0 unspecified atom stereocenters. The third-order valence-electron chi connectivity index (χ3n) is 7.32. The number of thiazole rings is 1. The number of anilines is 1. The Balaban J connectivity index is 1.22. The number of amides is 4. The van der Waals surface area contributed by atoms with Crippen molar-refractivity contribution in [1.82, 2.24) is 9.88 Å². The van der Waals surface area contributed by atoms with E-state index in [9.17, 15) is 24.3 Å². The Kier molecular flexibility index (Phi) is 5.04. The molecule has 0 fully saturated rings. The van der Waals surface area contributed by atoms with Crippen molar-refractivity contribution in [2.75, 3.05) is 11.9 Å². The number of carbonyl (C=O) groups is 4. The van der Waals surface area contributed by atoms with E-state index in [-0.39, 0.29) is 34.4 Å². The second-order valence-electron chi connectivity index (χ2n) is 9.83. The molecule has 4 amide bonds. The lowest BCUT2D eigenvalue weighted by Crippen LogP contribution is -2.29. The van der Waals surface area contributed by atoms with Gasteiger partial charge in [0, 0.05) is 13.1 Å². The highest BCUT2D eigenvalue weighted by atomic mass is 32.1. The summed E-state index contributed by atoms with van der Waals surface area (Å²) >= 11 is 1.45. The summed E-state index contributed by atoms with van der Waals surface area (Å²) in [6.45, 7) is 1.99. The molecule has 5 aromatic rings. The minimum Gasteiger partial charge on any atom is -0.507 e. The molecule has 1 aromatic heterocycles. The quantitative estimate of drug-likeness (QED) is 0.293. The third-order valence-corrected chi connectivity index (χ3v) is 8.39. The van der Waals surface area contributed by atoms with Gasteiger partial charge in [0.05, 0.1) is 43.7 Å². The summed E-state index contributed by atoms with van der Waals surface area (Å²) in [5, 5.41) is 11.5. The van der Waals surface area contributed by atoms with E-state index in [2.05, 4.69) is 4.98 Å². The molecule has 0 atom stereocenters. The molecular weight excluding hydrogens is 526 g/mol. The summed E-state index contributed by atoms with van der Waals surface area (Å²) in [5.74, 6) is -1.84. The maximum Gasteiger partial charge on any atom is 0.266 e. The molecular formula is C31H19N3O5S. The standard InChI is InChI=1S/C31H19N3O5S/c1-15-3-10-26-24(11-15)32-27(40-26)21-9-6-18(14-25(21)35)34-30(38)20-8-5-17(13-23(20)31(34)39)16-4-7-19-22(12-16)29(37)33(2)28(19)36/h3-14,35H,1-2H3. The average molecular weight is 546 g/mol. The van der Waals surface area contributed by atoms with E-state index < -0.39 is 11.8 Å². The molecule has 9 heteroatoms. The van der Waals surface area contributed by atoms with Gasteiger partial charge in [-0.15, -0.1) is 11.3 Å². The minimum atomic E-state index is -0.517. The Morgan fingerprint density at radius 2 is 1.27 bits per heavy atom. The van der Waals surface area contributed by atoms with Gasteiger partial charge in [-0.05, 0) is 72.1 Å². The van der Waals surface area contributed by atoms with Crippen LogP contribution in [0, 0.1) is 6.92 Å². The maximum atomic E-state index is 13.4. The average Bonchev–Trinajstić information content (AvgIpc) is 3.55. The molecule has 40 heavy (non-hydrogen) atoms. The van der Waals surface area contributed by atoms with Crippen molar-refractivity contribution in [2.24, 2.45) is 0 Å². The number of phenolic OH excluding ortho intramolecular Hbond substituents is 1. The first-order chi connectivity index (χ1) is 19.2. The van der Waals surface area contributed by atoms with Gasteiger partial charge in [0.2, 0.25) is 0 Å². The predicted octanol–water partition coefficient (Wildman–Crippen LogP) is 5.67. The molecule has 2 aliphatic rings. The lowest BCUT2D eigenvalue weighted by Gasteiger charge is -2.15. The highest BCUT2D eigenvalue weighted by molar-refractivity contribution is 7.21. The number of carbonyl (C=O) groups excluding carboxylic acids is 4. The van der Waals surface area contributed by atoms with Crippen molar-refractivity contribution < 1.29 is 24.3 Å². The first kappa shape index (κ1) is 23.9. The van der Waals surface area contributed by atoms with E-state index in [4.69, 9.17) is 0 Å². The Morgan fingerprint density at radius 1 is 0.675 bits per heavy atom. The molecule has 3 heterocycles. The number of imide groups is 2. The topological polar surface area (TPSA) is 108 Å². The van der Waals surface area contributed by atoms with E-state index in [1.54, 1.807) is 48.5 Å². The molecule has 0 saturated heterocycles. The van der Waals surface area contributed by atoms with Crippen LogP contribution in [-0.4, -0.2) is 45.7 Å². The largest absolute Gasteiger partial charge is 0.507 e. The van der Waals surface area contributed by atoms with Crippen molar-refractivity contribution in [2.45, 2.75) is 6.92 Å². The monoisotopic (exact) mass is 545 g/mol. The zero-order valence-electron chi connectivity index (χ0n) is 21.3. The van der Waals surface area contributed by atoms with Crippen LogP contribution in [0.4, 0.5) is 5.69 Å². The summed E-state index contributed by atoms with van der Waals surface area (Å²) in [5.41, 5.74) is 5.04. The van der Waals surface area contributed by atoms with E-state index in [1.807, 2.05) is 25.1 Å². The van der Waals surface area contributed by atoms with Gasteiger partial charge in [0.15, 0.2) is 0 Å². The number of aromatic nitrogens is 1. The van der Waals surface area contributed by atoms with Gasteiger partial charge in [0.1, 0.15) is 10.8 Å². The number of fused-ring (bicyclic) bond motifs is 3. The van der Waals surface area contributed by atoms with Crippen LogP contribution >= 0.6 is 11.3 Å². The van der Waals surface area contributed by atoms with Crippen molar-refractivity contribution in [3.63, 3.8) is 0 Å². The smallest absolute Gasteiger partial charge is 0.266 e. The number of rotatable bonds is 3. The van der Waals surface area contributed by atoms with E-state index in [0.717, 1.165) is 25.6 Å². The summed E-state index contributed by atoms with van der Waals surface area (Å²) in [7, 11) is 1.43. The van der Waals surface area contributed by atoms with E-state index >= 15 is 0 Å². The second-order valence-corrected chi connectivity index (χ2v) is 10.9. The van der Waals surface area contributed by atoms with Crippen molar-refractivity contribution >= 4 is 50.9 Å². The number of phenols is 1. The molecule has 8 nitrogen and oxygen atoms in total. The van der Waals surface area contributed by atoms with E-state index in [1.165, 1.54) is 24.5 Å². The molecule has 0 spiro atoms. The van der Waals surface area contributed by atoms with Gasteiger partial charge in [-0.1, -0.05) is 18.2 Å². The number of benzene rings is 4. The van der Waals surface area contributed by atoms with Crippen molar-refractivity contribution in [3.8, 4) is 27.4 Å². The van der Waals surface area contributed by atoms with Crippen LogP contribution in [0.25, 0.3) is 31.9 Å². The highest BCUT2D eigenvalue weighted by Gasteiger charge is 2.38. The Hall–Kier alpha value is -5.15. The number of hydrogen-bond donors (Lipinski definition) is 1. The second kappa shape index (κ2) is 8.42. The number of aromatic hydroxyl groups is 1. The fraction of sp³-hybridized carbons (Fsp3) is 0.0645. The molecule has 4 aromatic carbocycles. The zero-order valence-corrected chi connectivity index (χ0v) is 22.1. The third kappa shape index (κ3) is 3.41. The van der Waals surface area contributed by atoms with Gasteiger partial charge in [-0.3, -0.25) is 24.1 Å². The summed E-state index contributed by atoms with van der Waals surface area (Å²) in [4.78, 5) is 58.1. The van der Waals surface area contributed by atoms with Crippen LogP contribution in [0.3, 0.4) is 0 Å². The number of nitrogens with zero attached hydrogens (tertiary/aromatic N) is 3. The summed E-state index contributed by atoms with van der Waals surface area (Å²) < 4.78 is 0.992. The van der Waals surface area contributed by atoms with Crippen molar-refractivity contribution in [3.05, 3.63) is 101 Å². The SMILES string of the molecule is Cc1ccc2sc(-c3ccc(N4C(=O)c5ccc(-c6ccc7c(c6)C(=O)N(C)C7=O)cc5C4=O)cc3O)nc2c1. The van der Waals surface area contributed by atoms with Crippen LogP contribution in [0.2, 0.25) is 0 Å². The van der Waals surface area contributed by atoms with Gasteiger partial charge >= 0.3 is 0 Å². The maximum absolute atomic E-state index is 13.4. The van der Waals surface area contributed by atoms with Crippen LogP contribution in [0.15, 0.2) is 72.8 Å². The van der Waals surface area contributed by atoms with E-state index in [0.29, 0.717) is 32.8 Å².